The maximum absolute atomic E-state index is 12.7. The molecule has 1 aliphatic rings. The number of carbonyl (C=O) groups excluding carboxylic acids is 1. The second-order valence-electron chi connectivity index (χ2n) is 4.22. The van der Waals surface area contributed by atoms with Gasteiger partial charge in [-0.15, -0.1) is 0 Å². The average Bonchev–Trinajstić information content (AvgIpc) is 2.84. The fourth-order valence-electron chi connectivity index (χ4n) is 2.04. The molecule has 0 spiro atoms. The van der Waals surface area contributed by atoms with Gasteiger partial charge < -0.3 is 15.2 Å². The minimum Gasteiger partial charge on any atom is -0.355 e. The lowest BCUT2D eigenvalue weighted by Gasteiger charge is -2.19. The van der Waals surface area contributed by atoms with E-state index in [1.807, 2.05) is 0 Å². The van der Waals surface area contributed by atoms with E-state index in [0.717, 1.165) is 13.0 Å². The zero-order chi connectivity index (χ0) is 11.5. The molecule has 1 fully saturated rings. The Morgan fingerprint density at radius 3 is 3.12 bits per heavy atom. The van der Waals surface area contributed by atoms with Gasteiger partial charge in [-0.1, -0.05) is 0 Å². The normalized spacial score (nSPS) is 21.2. The number of likely N-dealkylation sites (tertiary alicyclic amines) is 1. The van der Waals surface area contributed by atoms with Crippen LogP contribution in [-0.4, -0.2) is 42.0 Å². The van der Waals surface area contributed by atoms with Crippen molar-refractivity contribution in [1.29, 1.82) is 0 Å². The van der Waals surface area contributed by atoms with Crippen molar-refractivity contribution in [1.82, 2.24) is 15.2 Å². The van der Waals surface area contributed by atoms with Gasteiger partial charge in [0.15, 0.2) is 0 Å². The third kappa shape index (κ3) is 2.41. The summed E-state index contributed by atoms with van der Waals surface area (Å²) < 4.78 is 12.7. The predicted octanol–water partition coefficient (Wildman–Crippen LogP) is 0.978. The molecule has 0 radical (unpaired) electrons. The summed E-state index contributed by atoms with van der Waals surface area (Å²) in [7, 11) is 2.05. The standard InChI is InChI=1S/C11H16FN3O/c1-15-4-2-3-9(15)7-14-11(16)10-5-8(12)6-13-10/h5-6,9,13H,2-4,7H2,1H3,(H,14,16)/t9-/m0/s1. The van der Waals surface area contributed by atoms with Crippen molar-refractivity contribution in [3.05, 3.63) is 23.8 Å². The number of aromatic nitrogens is 1. The number of carbonyl (C=O) groups is 1. The Bertz CT molecular complexity index is 377. The first kappa shape index (κ1) is 11.1. The lowest BCUT2D eigenvalue weighted by Crippen LogP contribution is -2.38. The number of rotatable bonds is 3. The van der Waals surface area contributed by atoms with Crippen molar-refractivity contribution in [3.63, 3.8) is 0 Å². The zero-order valence-corrected chi connectivity index (χ0v) is 9.29. The van der Waals surface area contributed by atoms with E-state index in [-0.39, 0.29) is 11.6 Å². The van der Waals surface area contributed by atoms with Crippen LogP contribution >= 0.6 is 0 Å². The van der Waals surface area contributed by atoms with Gasteiger partial charge in [0, 0.05) is 24.8 Å². The fourth-order valence-corrected chi connectivity index (χ4v) is 2.04. The molecule has 88 valence electrons. The summed E-state index contributed by atoms with van der Waals surface area (Å²) in [5.74, 6) is -0.660. The summed E-state index contributed by atoms with van der Waals surface area (Å²) in [6, 6.07) is 1.61. The molecule has 1 amide bonds. The molecule has 1 saturated heterocycles. The molecule has 2 N–H and O–H groups in total. The molecule has 5 heteroatoms. The number of hydrogen-bond donors (Lipinski definition) is 2. The Hall–Kier alpha value is -1.36. The molecule has 1 atom stereocenters. The van der Waals surface area contributed by atoms with Gasteiger partial charge >= 0.3 is 0 Å². The number of amides is 1. The highest BCUT2D eigenvalue weighted by Gasteiger charge is 2.21. The molecule has 1 aromatic rings. The number of hydrogen-bond acceptors (Lipinski definition) is 2. The average molecular weight is 225 g/mol. The first-order chi connectivity index (χ1) is 7.66. The Labute approximate surface area is 93.8 Å². The van der Waals surface area contributed by atoms with E-state index in [0.29, 0.717) is 12.6 Å². The van der Waals surface area contributed by atoms with Gasteiger partial charge in [0.25, 0.3) is 5.91 Å². The third-order valence-corrected chi connectivity index (χ3v) is 3.06. The van der Waals surface area contributed by atoms with E-state index in [1.165, 1.54) is 18.7 Å². The summed E-state index contributed by atoms with van der Waals surface area (Å²) in [5.41, 5.74) is 0.276. The first-order valence-corrected chi connectivity index (χ1v) is 5.49. The van der Waals surface area contributed by atoms with Crippen LogP contribution in [0.15, 0.2) is 12.3 Å². The van der Waals surface area contributed by atoms with Gasteiger partial charge in [0.1, 0.15) is 11.5 Å². The molecule has 16 heavy (non-hydrogen) atoms. The van der Waals surface area contributed by atoms with Gasteiger partial charge in [-0.05, 0) is 26.4 Å². The lowest BCUT2D eigenvalue weighted by atomic mass is 10.2. The first-order valence-electron chi connectivity index (χ1n) is 5.49. The summed E-state index contributed by atoms with van der Waals surface area (Å²) in [6.45, 7) is 1.70. The Balaban J connectivity index is 1.84. The van der Waals surface area contributed by atoms with Gasteiger partial charge in [-0.3, -0.25) is 4.79 Å². The predicted molar refractivity (Wildman–Crippen MR) is 58.7 cm³/mol. The molecule has 2 rings (SSSR count). The molecule has 4 nitrogen and oxygen atoms in total. The second-order valence-corrected chi connectivity index (χ2v) is 4.22. The zero-order valence-electron chi connectivity index (χ0n) is 9.29. The highest BCUT2D eigenvalue weighted by atomic mass is 19.1. The molecule has 0 bridgehead atoms. The Morgan fingerprint density at radius 2 is 2.56 bits per heavy atom. The molecule has 1 aliphatic heterocycles. The van der Waals surface area contributed by atoms with E-state index in [9.17, 15) is 9.18 Å². The quantitative estimate of drug-likeness (QED) is 0.805. The largest absolute Gasteiger partial charge is 0.355 e. The molecule has 0 aliphatic carbocycles. The van der Waals surface area contributed by atoms with Crippen LogP contribution in [0.5, 0.6) is 0 Å². The van der Waals surface area contributed by atoms with Gasteiger partial charge in [0.05, 0.1) is 0 Å². The van der Waals surface area contributed by atoms with Gasteiger partial charge in [-0.2, -0.15) is 0 Å². The number of H-pyrrole nitrogens is 1. The van der Waals surface area contributed by atoms with Crippen LogP contribution < -0.4 is 5.32 Å². The van der Waals surface area contributed by atoms with Crippen molar-refractivity contribution in [2.45, 2.75) is 18.9 Å². The summed E-state index contributed by atoms with van der Waals surface area (Å²) in [6.07, 6.45) is 3.46. The van der Waals surface area contributed by atoms with E-state index in [1.54, 1.807) is 0 Å². The number of aromatic amines is 1. The Kier molecular flexibility index (Phi) is 3.24. The molecule has 0 unspecified atom stereocenters. The maximum Gasteiger partial charge on any atom is 0.267 e. The number of nitrogens with one attached hydrogen (secondary N) is 2. The van der Waals surface area contributed by atoms with Crippen LogP contribution in [0, 0.1) is 5.82 Å². The molecule has 0 saturated carbocycles. The fraction of sp³-hybridized carbons (Fsp3) is 0.545. The lowest BCUT2D eigenvalue weighted by molar-refractivity contribution is 0.0939. The highest BCUT2D eigenvalue weighted by molar-refractivity contribution is 5.92. The van der Waals surface area contributed by atoms with E-state index < -0.39 is 5.82 Å². The molecule has 2 heterocycles. The smallest absolute Gasteiger partial charge is 0.267 e. The van der Waals surface area contributed by atoms with Crippen LogP contribution in [0.1, 0.15) is 23.3 Å². The van der Waals surface area contributed by atoms with Crippen LogP contribution in [0.2, 0.25) is 0 Å². The van der Waals surface area contributed by atoms with Crippen molar-refractivity contribution in [2.24, 2.45) is 0 Å². The van der Waals surface area contributed by atoms with Crippen molar-refractivity contribution >= 4 is 5.91 Å². The molecule has 1 aromatic heterocycles. The van der Waals surface area contributed by atoms with Crippen LogP contribution in [0.3, 0.4) is 0 Å². The monoisotopic (exact) mass is 225 g/mol. The van der Waals surface area contributed by atoms with Crippen molar-refractivity contribution in [3.8, 4) is 0 Å². The maximum atomic E-state index is 12.7. The SMILES string of the molecule is CN1CCC[C@H]1CNC(=O)c1cc(F)c[nH]1. The van der Waals surface area contributed by atoms with Gasteiger partial charge in [0.2, 0.25) is 0 Å². The summed E-state index contributed by atoms with van der Waals surface area (Å²) >= 11 is 0. The number of halogens is 1. The number of likely N-dealkylation sites (N-methyl/N-ethyl adjacent to an activating group) is 1. The summed E-state index contributed by atoms with van der Waals surface area (Å²) in [4.78, 5) is 16.4. The second kappa shape index (κ2) is 4.65. The highest BCUT2D eigenvalue weighted by Crippen LogP contribution is 2.13. The molecular weight excluding hydrogens is 209 g/mol. The summed E-state index contributed by atoms with van der Waals surface area (Å²) in [5, 5.41) is 2.81. The molecule has 0 aromatic carbocycles. The van der Waals surface area contributed by atoms with Crippen LogP contribution in [0.25, 0.3) is 0 Å². The Morgan fingerprint density at radius 1 is 1.75 bits per heavy atom. The van der Waals surface area contributed by atoms with Crippen molar-refractivity contribution < 1.29 is 9.18 Å². The minimum atomic E-state index is -0.414. The van der Waals surface area contributed by atoms with Gasteiger partial charge in [-0.25, -0.2) is 4.39 Å². The van der Waals surface area contributed by atoms with Crippen LogP contribution in [-0.2, 0) is 0 Å². The van der Waals surface area contributed by atoms with Crippen molar-refractivity contribution in [2.75, 3.05) is 20.1 Å². The number of nitrogens with zero attached hydrogens (tertiary/aromatic N) is 1. The van der Waals surface area contributed by atoms with Crippen LogP contribution in [0.4, 0.5) is 4.39 Å². The van der Waals surface area contributed by atoms with E-state index in [2.05, 4.69) is 22.2 Å². The topological polar surface area (TPSA) is 48.1 Å². The molecular formula is C11H16FN3O. The minimum absolute atomic E-state index is 0.246. The third-order valence-electron chi connectivity index (χ3n) is 3.06. The van der Waals surface area contributed by atoms with E-state index in [4.69, 9.17) is 0 Å². The van der Waals surface area contributed by atoms with E-state index >= 15 is 0 Å².